The molecule has 0 unspecified atom stereocenters. The highest BCUT2D eigenvalue weighted by molar-refractivity contribution is 6.63. The van der Waals surface area contributed by atoms with E-state index in [-0.39, 0.29) is 5.97 Å². The first-order valence-corrected chi connectivity index (χ1v) is 6.86. The predicted molar refractivity (Wildman–Crippen MR) is 77.2 cm³/mol. The third-order valence-corrected chi connectivity index (χ3v) is 4.22. The molecule has 20 heavy (non-hydrogen) atoms. The summed E-state index contributed by atoms with van der Waals surface area (Å²) in [5.74, 6) is -0.374. The second kappa shape index (κ2) is 4.93. The lowest BCUT2D eigenvalue weighted by molar-refractivity contribution is 0.00578. The number of aromatic nitrogens is 1. The van der Waals surface area contributed by atoms with E-state index in [4.69, 9.17) is 14.0 Å². The molecule has 0 saturated carbocycles. The Bertz CT molecular complexity index is 505. The Balaban J connectivity index is 2.40. The molecular weight excluding hydrogens is 257 g/mol. The van der Waals surface area contributed by atoms with E-state index < -0.39 is 18.3 Å². The van der Waals surface area contributed by atoms with Crippen molar-refractivity contribution in [3.05, 3.63) is 18.0 Å². The molecule has 1 aliphatic heterocycles. The molecule has 0 spiro atoms. The first-order valence-electron chi connectivity index (χ1n) is 6.86. The van der Waals surface area contributed by atoms with E-state index in [1.807, 2.05) is 51.4 Å². The fraction of sp³-hybridized carbons (Fsp3) is 0.643. The first kappa shape index (κ1) is 15.1. The minimum absolute atomic E-state index is 0.374. The largest absolute Gasteiger partial charge is 0.497 e. The van der Waals surface area contributed by atoms with Gasteiger partial charge in [0.2, 0.25) is 0 Å². The van der Waals surface area contributed by atoms with E-state index in [1.54, 1.807) is 0 Å². The normalized spacial score (nSPS) is 20.2. The molecule has 2 rings (SSSR count). The predicted octanol–water partition coefficient (Wildman–Crippen LogP) is 1.59. The van der Waals surface area contributed by atoms with Crippen LogP contribution in [-0.2, 0) is 20.6 Å². The highest BCUT2D eigenvalue weighted by Crippen LogP contribution is 2.36. The average Bonchev–Trinajstić information content (AvgIpc) is 2.87. The van der Waals surface area contributed by atoms with Gasteiger partial charge in [0.1, 0.15) is 5.69 Å². The average molecular weight is 279 g/mol. The standard InChI is InChI=1S/C14H22BNO4/c1-7-16-9-8-10(11(16)12(17)18-6)15-19-13(2,3)14(4,5)20-15/h8-9H,7H2,1-6H3. The maximum Gasteiger partial charge on any atom is 0.497 e. The van der Waals surface area contributed by atoms with Gasteiger partial charge in [-0.25, -0.2) is 4.79 Å². The minimum Gasteiger partial charge on any atom is -0.464 e. The van der Waals surface area contributed by atoms with Crippen molar-refractivity contribution in [2.45, 2.75) is 52.4 Å². The third kappa shape index (κ3) is 2.27. The molecule has 0 aliphatic carbocycles. The van der Waals surface area contributed by atoms with E-state index in [0.29, 0.717) is 12.2 Å². The molecule has 0 N–H and O–H groups in total. The van der Waals surface area contributed by atoms with Gasteiger partial charge in [-0.3, -0.25) is 0 Å². The summed E-state index contributed by atoms with van der Waals surface area (Å²) < 4.78 is 18.7. The molecule has 0 atom stereocenters. The van der Waals surface area contributed by atoms with Gasteiger partial charge in [-0.2, -0.15) is 0 Å². The van der Waals surface area contributed by atoms with Crippen molar-refractivity contribution in [1.82, 2.24) is 4.57 Å². The zero-order chi connectivity index (χ0) is 15.1. The highest BCUT2D eigenvalue weighted by Gasteiger charge is 2.53. The van der Waals surface area contributed by atoms with Crippen LogP contribution in [0.5, 0.6) is 0 Å². The summed E-state index contributed by atoms with van der Waals surface area (Å²) in [6, 6.07) is 1.86. The van der Waals surface area contributed by atoms with E-state index in [1.165, 1.54) is 7.11 Å². The van der Waals surface area contributed by atoms with Crippen molar-refractivity contribution < 1.29 is 18.8 Å². The first-order chi connectivity index (χ1) is 9.23. The smallest absolute Gasteiger partial charge is 0.464 e. The van der Waals surface area contributed by atoms with Crippen LogP contribution in [0.3, 0.4) is 0 Å². The number of nitrogens with zero attached hydrogens (tertiary/aromatic N) is 1. The Hall–Kier alpha value is -1.27. The lowest BCUT2D eigenvalue weighted by atomic mass is 9.79. The molecule has 1 aliphatic rings. The fourth-order valence-electron chi connectivity index (χ4n) is 2.25. The SMILES string of the molecule is CCn1ccc(B2OC(C)(C)C(C)(C)O2)c1C(=O)OC. The summed E-state index contributed by atoms with van der Waals surface area (Å²) in [5.41, 5.74) is 0.351. The van der Waals surface area contributed by atoms with Crippen molar-refractivity contribution >= 4 is 18.6 Å². The number of hydrogen-bond donors (Lipinski definition) is 0. The molecule has 1 saturated heterocycles. The number of esters is 1. The number of hydrogen-bond acceptors (Lipinski definition) is 4. The van der Waals surface area contributed by atoms with E-state index in [0.717, 1.165) is 5.46 Å². The monoisotopic (exact) mass is 279 g/mol. The lowest BCUT2D eigenvalue weighted by Crippen LogP contribution is -2.41. The van der Waals surface area contributed by atoms with Crippen molar-refractivity contribution in [3.8, 4) is 0 Å². The van der Waals surface area contributed by atoms with Gasteiger partial charge in [0.05, 0.1) is 18.3 Å². The van der Waals surface area contributed by atoms with Gasteiger partial charge in [0.25, 0.3) is 0 Å². The number of ether oxygens (including phenoxy) is 1. The van der Waals surface area contributed by atoms with Crippen LogP contribution in [0.25, 0.3) is 0 Å². The molecule has 110 valence electrons. The highest BCUT2D eigenvalue weighted by atomic mass is 16.7. The lowest BCUT2D eigenvalue weighted by Gasteiger charge is -2.32. The number of aryl methyl sites for hydroxylation is 1. The van der Waals surface area contributed by atoms with Crippen LogP contribution in [0, 0.1) is 0 Å². The van der Waals surface area contributed by atoms with Gasteiger partial charge >= 0.3 is 13.1 Å². The molecule has 0 bridgehead atoms. The van der Waals surface area contributed by atoms with Gasteiger partial charge < -0.3 is 18.6 Å². The molecule has 0 amide bonds. The molecule has 5 nitrogen and oxygen atoms in total. The molecule has 1 aromatic heterocycles. The minimum atomic E-state index is -0.554. The van der Waals surface area contributed by atoms with Crippen LogP contribution in [0.1, 0.15) is 45.1 Å². The van der Waals surface area contributed by atoms with Crippen molar-refractivity contribution in [1.29, 1.82) is 0 Å². The zero-order valence-corrected chi connectivity index (χ0v) is 13.0. The molecule has 2 heterocycles. The van der Waals surface area contributed by atoms with Crippen LogP contribution in [0.2, 0.25) is 0 Å². The summed E-state index contributed by atoms with van der Waals surface area (Å²) in [5, 5.41) is 0. The summed E-state index contributed by atoms with van der Waals surface area (Å²) in [4.78, 5) is 12.0. The Morgan fingerprint density at radius 2 is 1.85 bits per heavy atom. The van der Waals surface area contributed by atoms with E-state index >= 15 is 0 Å². The van der Waals surface area contributed by atoms with Gasteiger partial charge in [0.15, 0.2) is 0 Å². The summed E-state index contributed by atoms with van der Waals surface area (Å²) in [7, 11) is 0.825. The summed E-state index contributed by atoms with van der Waals surface area (Å²) >= 11 is 0. The molecule has 0 aromatic carbocycles. The van der Waals surface area contributed by atoms with Crippen LogP contribution < -0.4 is 5.46 Å². The number of rotatable bonds is 3. The van der Waals surface area contributed by atoms with E-state index in [2.05, 4.69) is 0 Å². The Morgan fingerprint density at radius 3 is 2.30 bits per heavy atom. The van der Waals surface area contributed by atoms with Gasteiger partial charge in [-0.1, -0.05) is 0 Å². The van der Waals surface area contributed by atoms with Crippen molar-refractivity contribution in [3.63, 3.8) is 0 Å². The maximum absolute atomic E-state index is 12.0. The van der Waals surface area contributed by atoms with Crippen molar-refractivity contribution in [2.24, 2.45) is 0 Å². The van der Waals surface area contributed by atoms with Crippen LogP contribution >= 0.6 is 0 Å². The van der Waals surface area contributed by atoms with Crippen molar-refractivity contribution in [2.75, 3.05) is 7.11 Å². The van der Waals surface area contributed by atoms with Crippen LogP contribution in [0.4, 0.5) is 0 Å². The molecular formula is C14H22BNO4. The fourth-order valence-corrected chi connectivity index (χ4v) is 2.25. The third-order valence-electron chi connectivity index (χ3n) is 4.22. The number of carbonyl (C=O) groups is 1. The Labute approximate surface area is 120 Å². The zero-order valence-electron chi connectivity index (χ0n) is 13.0. The Morgan fingerprint density at radius 1 is 1.30 bits per heavy atom. The number of carbonyl (C=O) groups excluding carboxylic acids is 1. The molecule has 1 fully saturated rings. The maximum atomic E-state index is 12.0. The molecule has 6 heteroatoms. The topological polar surface area (TPSA) is 49.7 Å². The second-order valence-electron chi connectivity index (χ2n) is 5.99. The summed E-state index contributed by atoms with van der Waals surface area (Å²) in [6.07, 6.45) is 1.85. The molecule has 1 aromatic rings. The second-order valence-corrected chi connectivity index (χ2v) is 5.99. The van der Waals surface area contributed by atoms with Gasteiger partial charge in [-0.05, 0) is 40.7 Å². The number of methoxy groups -OCH3 is 1. The molecule has 0 radical (unpaired) electrons. The van der Waals surface area contributed by atoms with Gasteiger partial charge in [0, 0.05) is 18.2 Å². The summed E-state index contributed by atoms with van der Waals surface area (Å²) in [6.45, 7) is 10.6. The van der Waals surface area contributed by atoms with Crippen LogP contribution in [0.15, 0.2) is 12.3 Å². The van der Waals surface area contributed by atoms with E-state index in [9.17, 15) is 4.79 Å². The quantitative estimate of drug-likeness (QED) is 0.623. The van der Waals surface area contributed by atoms with Crippen LogP contribution in [-0.4, -0.2) is 36.0 Å². The Kier molecular flexibility index (Phi) is 3.73. The van der Waals surface area contributed by atoms with Gasteiger partial charge in [-0.15, -0.1) is 0 Å².